The van der Waals surface area contributed by atoms with Gasteiger partial charge in [0.15, 0.2) is 0 Å². The fourth-order valence-corrected chi connectivity index (χ4v) is 5.65. The highest BCUT2D eigenvalue weighted by Crippen LogP contribution is 2.44. The third-order valence-corrected chi connectivity index (χ3v) is 7.92. The number of aliphatic hydroxyl groups is 1. The van der Waals surface area contributed by atoms with Crippen LogP contribution in [-0.4, -0.2) is 31.8 Å². The summed E-state index contributed by atoms with van der Waals surface area (Å²) in [7, 11) is -3.94. The molecule has 4 rings (SSSR count). The zero-order chi connectivity index (χ0) is 27.1. The molecule has 0 saturated carbocycles. The van der Waals surface area contributed by atoms with E-state index in [0.717, 1.165) is 5.56 Å². The first-order valence-electron chi connectivity index (χ1n) is 11.6. The van der Waals surface area contributed by atoms with Crippen LogP contribution in [0.5, 0.6) is 5.75 Å². The molecule has 0 bridgehead atoms. The highest BCUT2D eigenvalue weighted by molar-refractivity contribution is 7.89. The first-order chi connectivity index (χ1) is 17.3. The minimum absolute atomic E-state index is 0.0491. The van der Waals surface area contributed by atoms with E-state index in [1.165, 1.54) is 40.5 Å². The van der Waals surface area contributed by atoms with Crippen LogP contribution in [0.15, 0.2) is 70.4 Å². The van der Waals surface area contributed by atoms with Crippen molar-refractivity contribution in [3.05, 3.63) is 81.6 Å². The number of nitrogens with zero attached hydrogens (tertiary/aromatic N) is 1. The van der Waals surface area contributed by atoms with Gasteiger partial charge in [-0.15, -0.1) is 11.3 Å². The molecule has 1 aliphatic heterocycles. The lowest BCUT2D eigenvalue weighted by Gasteiger charge is -2.25. The van der Waals surface area contributed by atoms with Crippen molar-refractivity contribution < 1.29 is 27.9 Å². The SMILES string of the molecule is CCOc1ccc(/C(O)=C2/C(=O)C(=O)N(c3ccc(S(N)(=O)=O)cc3)C2c2cccs2)cc1C(C)(C)C. The number of carbonyl (C=O) groups excluding carboxylic acids is 2. The van der Waals surface area contributed by atoms with Crippen molar-refractivity contribution in [3.8, 4) is 5.75 Å². The summed E-state index contributed by atoms with van der Waals surface area (Å²) in [6, 6.07) is 13.2. The van der Waals surface area contributed by atoms with E-state index < -0.39 is 27.8 Å². The van der Waals surface area contributed by atoms with Gasteiger partial charge in [-0.2, -0.15) is 0 Å². The second-order valence-electron chi connectivity index (χ2n) is 9.62. The number of benzene rings is 2. The highest BCUT2D eigenvalue weighted by atomic mass is 32.2. The summed E-state index contributed by atoms with van der Waals surface area (Å²) in [4.78, 5) is 28.4. The summed E-state index contributed by atoms with van der Waals surface area (Å²) in [5.74, 6) is -1.28. The first kappa shape index (κ1) is 26.6. The maximum absolute atomic E-state index is 13.3. The predicted molar refractivity (Wildman–Crippen MR) is 143 cm³/mol. The van der Waals surface area contributed by atoms with Crippen LogP contribution in [0.4, 0.5) is 5.69 Å². The summed E-state index contributed by atoms with van der Waals surface area (Å²) >= 11 is 1.34. The molecule has 1 atom stereocenters. The lowest BCUT2D eigenvalue weighted by molar-refractivity contribution is -0.132. The van der Waals surface area contributed by atoms with Crippen molar-refractivity contribution in [2.75, 3.05) is 11.5 Å². The normalized spacial score (nSPS) is 17.9. The van der Waals surface area contributed by atoms with Gasteiger partial charge in [-0.3, -0.25) is 14.5 Å². The van der Waals surface area contributed by atoms with E-state index in [-0.39, 0.29) is 21.6 Å². The van der Waals surface area contributed by atoms with Gasteiger partial charge in [0.25, 0.3) is 11.7 Å². The van der Waals surface area contributed by atoms with Gasteiger partial charge in [0, 0.05) is 21.7 Å². The number of anilines is 1. The van der Waals surface area contributed by atoms with Crippen molar-refractivity contribution in [2.45, 2.75) is 44.0 Å². The smallest absolute Gasteiger partial charge is 0.300 e. The van der Waals surface area contributed by atoms with E-state index in [1.807, 2.05) is 33.1 Å². The number of aliphatic hydroxyl groups excluding tert-OH is 1. The maximum atomic E-state index is 13.3. The van der Waals surface area contributed by atoms with Crippen molar-refractivity contribution in [2.24, 2.45) is 5.14 Å². The summed E-state index contributed by atoms with van der Waals surface area (Å²) in [6.07, 6.45) is 0. The third-order valence-electron chi connectivity index (χ3n) is 6.06. The average molecular weight is 541 g/mol. The summed E-state index contributed by atoms with van der Waals surface area (Å²) in [5, 5.41) is 18.5. The standard InChI is InChI=1S/C27H28N2O6S2/c1-5-35-20-13-8-16(15-19(20)27(2,3)4)24(30)22-23(21-7-6-14-36-21)29(26(32)25(22)31)17-9-11-18(12-10-17)37(28,33)34/h6-15,23,30H,5H2,1-4H3,(H2,28,33,34)/b24-22-. The number of hydrogen-bond acceptors (Lipinski definition) is 7. The quantitative estimate of drug-likeness (QED) is 0.265. The van der Waals surface area contributed by atoms with Gasteiger partial charge in [0.1, 0.15) is 17.6 Å². The Balaban J connectivity index is 1.89. The Morgan fingerprint density at radius 2 is 1.78 bits per heavy atom. The average Bonchev–Trinajstić information content (AvgIpc) is 3.45. The Labute approximate surface area is 220 Å². The number of ketones is 1. The lowest BCUT2D eigenvalue weighted by Crippen LogP contribution is -2.29. The van der Waals surface area contributed by atoms with Crippen molar-refractivity contribution in [1.82, 2.24) is 0 Å². The van der Waals surface area contributed by atoms with Crippen LogP contribution in [0.3, 0.4) is 0 Å². The van der Waals surface area contributed by atoms with Gasteiger partial charge in [-0.1, -0.05) is 26.8 Å². The summed E-state index contributed by atoms with van der Waals surface area (Å²) < 4.78 is 29.2. The molecule has 1 amide bonds. The van der Waals surface area contributed by atoms with Gasteiger partial charge < -0.3 is 9.84 Å². The van der Waals surface area contributed by atoms with Crippen molar-refractivity contribution >= 4 is 44.5 Å². The fraction of sp³-hybridized carbons (Fsp3) is 0.259. The second-order valence-corrected chi connectivity index (χ2v) is 12.2. The van der Waals surface area contributed by atoms with E-state index in [4.69, 9.17) is 9.88 Å². The van der Waals surface area contributed by atoms with Crippen LogP contribution >= 0.6 is 11.3 Å². The van der Waals surface area contributed by atoms with E-state index in [0.29, 0.717) is 28.5 Å². The molecule has 2 heterocycles. The Kier molecular flexibility index (Phi) is 7.02. The van der Waals surface area contributed by atoms with Crippen LogP contribution in [0.25, 0.3) is 5.76 Å². The van der Waals surface area contributed by atoms with Crippen LogP contribution in [0.2, 0.25) is 0 Å². The summed E-state index contributed by atoms with van der Waals surface area (Å²) in [5.41, 5.74) is 1.17. The second kappa shape index (κ2) is 9.77. The number of carbonyl (C=O) groups is 2. The lowest BCUT2D eigenvalue weighted by atomic mass is 9.84. The zero-order valence-electron chi connectivity index (χ0n) is 20.9. The maximum Gasteiger partial charge on any atom is 0.300 e. The molecule has 0 aliphatic carbocycles. The largest absolute Gasteiger partial charge is 0.507 e. The van der Waals surface area contributed by atoms with Crippen LogP contribution < -0.4 is 14.8 Å². The van der Waals surface area contributed by atoms with Gasteiger partial charge in [-0.25, -0.2) is 13.6 Å². The highest BCUT2D eigenvalue weighted by Gasteiger charge is 2.47. The monoisotopic (exact) mass is 540 g/mol. The third kappa shape index (κ3) is 5.04. The molecular weight excluding hydrogens is 512 g/mol. The molecule has 8 nitrogen and oxygen atoms in total. The molecule has 1 unspecified atom stereocenters. The number of sulfonamides is 1. The molecule has 1 saturated heterocycles. The predicted octanol–water partition coefficient (Wildman–Crippen LogP) is 4.72. The Hall–Kier alpha value is -3.47. The molecule has 1 aliphatic rings. The number of rotatable bonds is 6. The van der Waals surface area contributed by atoms with Crippen LogP contribution in [-0.2, 0) is 25.0 Å². The molecule has 2 aromatic carbocycles. The van der Waals surface area contributed by atoms with Gasteiger partial charge >= 0.3 is 0 Å². The number of ether oxygens (including phenoxy) is 1. The Morgan fingerprint density at radius 3 is 2.32 bits per heavy atom. The fourth-order valence-electron chi connectivity index (χ4n) is 4.31. The molecule has 1 aromatic heterocycles. The van der Waals surface area contributed by atoms with E-state index in [9.17, 15) is 23.1 Å². The number of primary sulfonamides is 1. The number of thiophene rings is 1. The van der Waals surface area contributed by atoms with Crippen LogP contribution in [0, 0.1) is 0 Å². The van der Waals surface area contributed by atoms with Gasteiger partial charge in [0.05, 0.1) is 17.1 Å². The molecular formula is C27H28N2O6S2. The molecule has 0 spiro atoms. The molecule has 3 aromatic rings. The van der Waals surface area contributed by atoms with E-state index in [1.54, 1.807) is 30.3 Å². The zero-order valence-corrected chi connectivity index (χ0v) is 22.5. The van der Waals surface area contributed by atoms with E-state index >= 15 is 0 Å². The molecule has 37 heavy (non-hydrogen) atoms. The topological polar surface area (TPSA) is 127 Å². The molecule has 10 heteroatoms. The Bertz CT molecular complexity index is 1480. The van der Waals surface area contributed by atoms with Crippen LogP contribution in [0.1, 0.15) is 49.7 Å². The number of amides is 1. The molecule has 0 radical (unpaired) electrons. The van der Waals surface area contributed by atoms with Crippen molar-refractivity contribution in [1.29, 1.82) is 0 Å². The first-order valence-corrected chi connectivity index (χ1v) is 14.0. The number of hydrogen-bond donors (Lipinski definition) is 2. The molecule has 194 valence electrons. The molecule has 3 N–H and O–H groups in total. The minimum atomic E-state index is -3.94. The van der Waals surface area contributed by atoms with Gasteiger partial charge in [0.2, 0.25) is 10.0 Å². The number of Topliss-reactive ketones (excluding diaryl/α,β-unsaturated/α-hetero) is 1. The van der Waals surface area contributed by atoms with E-state index in [2.05, 4.69) is 0 Å². The summed E-state index contributed by atoms with van der Waals surface area (Å²) in [6.45, 7) is 8.42. The molecule has 1 fully saturated rings. The van der Waals surface area contributed by atoms with Gasteiger partial charge in [-0.05, 0) is 66.2 Å². The number of nitrogens with two attached hydrogens (primary N) is 1. The minimum Gasteiger partial charge on any atom is -0.507 e. The Morgan fingerprint density at radius 1 is 1.11 bits per heavy atom. The van der Waals surface area contributed by atoms with Crippen molar-refractivity contribution in [3.63, 3.8) is 0 Å².